The van der Waals surface area contributed by atoms with Crippen molar-refractivity contribution in [1.82, 2.24) is 5.32 Å². The molecule has 0 aromatic rings. The topological polar surface area (TPSA) is 127 Å². The highest BCUT2D eigenvalue weighted by Crippen LogP contribution is 2.17. The summed E-state index contributed by atoms with van der Waals surface area (Å²) in [5.41, 5.74) is 0.342. The molecule has 1 fully saturated rings. The number of carboxylic acids is 3. The van der Waals surface area contributed by atoms with Gasteiger partial charge in [-0.3, -0.25) is 0 Å². The zero-order valence-electron chi connectivity index (χ0n) is 11.7. The molecular weight excluding hydrogens is 292 g/mol. The van der Waals surface area contributed by atoms with E-state index >= 15 is 0 Å². The number of allylic oxidation sites excluding steroid dienone is 2. The van der Waals surface area contributed by atoms with Gasteiger partial charge in [-0.15, -0.1) is 0 Å². The maximum Gasteiger partial charge on any atom is 0.372 e. The molecule has 0 aromatic heterocycles. The summed E-state index contributed by atoms with van der Waals surface area (Å²) in [4.78, 5) is 33.2. The third-order valence-corrected chi connectivity index (χ3v) is 3.69. The fourth-order valence-electron chi connectivity index (χ4n) is 2.57. The van der Waals surface area contributed by atoms with Crippen LogP contribution in [0.2, 0.25) is 0 Å². The van der Waals surface area contributed by atoms with E-state index in [1.165, 1.54) is 6.08 Å². The van der Waals surface area contributed by atoms with E-state index in [4.69, 9.17) is 15.3 Å². The van der Waals surface area contributed by atoms with Crippen LogP contribution in [-0.2, 0) is 14.4 Å². The molecule has 0 unspecified atom stereocenters. The first-order chi connectivity index (χ1) is 10.4. The number of nitrogens with one attached hydrogen (secondary N) is 1. The van der Waals surface area contributed by atoms with Crippen LogP contribution >= 0.6 is 0 Å². The van der Waals surface area contributed by atoms with Crippen LogP contribution < -0.4 is 5.32 Å². The lowest BCUT2D eigenvalue weighted by molar-refractivity contribution is -0.527. The normalized spacial score (nSPS) is 28.3. The molecule has 0 bridgehead atoms. The van der Waals surface area contributed by atoms with Crippen LogP contribution in [0.3, 0.4) is 0 Å². The van der Waals surface area contributed by atoms with Gasteiger partial charge in [-0.05, 0) is 11.6 Å². The molecule has 0 radical (unpaired) electrons. The van der Waals surface area contributed by atoms with Gasteiger partial charge in [0.2, 0.25) is 6.04 Å². The van der Waals surface area contributed by atoms with Crippen LogP contribution in [0.4, 0.5) is 0 Å². The molecule has 4 N–H and O–H groups in total. The summed E-state index contributed by atoms with van der Waals surface area (Å²) >= 11 is 0. The molecule has 0 saturated carbocycles. The van der Waals surface area contributed by atoms with Crippen LogP contribution in [0.5, 0.6) is 0 Å². The summed E-state index contributed by atoms with van der Waals surface area (Å²) in [6.45, 7) is 0.608. The summed E-state index contributed by atoms with van der Waals surface area (Å²) in [5.74, 6) is -3.27. The Labute approximate surface area is 126 Å². The molecular formula is C14H17N2O6+. The second-order valence-corrected chi connectivity index (χ2v) is 5.23. The average Bonchev–Trinajstić information content (AvgIpc) is 2.93. The third kappa shape index (κ3) is 3.51. The molecule has 2 atom stereocenters. The van der Waals surface area contributed by atoms with E-state index in [0.29, 0.717) is 18.5 Å². The van der Waals surface area contributed by atoms with Crippen molar-refractivity contribution >= 4 is 24.1 Å². The van der Waals surface area contributed by atoms with Crippen molar-refractivity contribution in [3.05, 3.63) is 23.4 Å². The van der Waals surface area contributed by atoms with Gasteiger partial charge in [0.05, 0.1) is 0 Å². The lowest BCUT2D eigenvalue weighted by Gasteiger charge is -2.21. The standard InChI is InChI=1S/C14H16N2O6/c17-12(18)9-6-8(7-10(15-9)13(19)20)3-5-16-4-1-2-11(16)14(21)22/h3,5-6,10-11H,1-2,4,7H2,(H3,17,18,19,20,21,22)/p+1/t10-,11-/m0/s1. The lowest BCUT2D eigenvalue weighted by Crippen LogP contribution is -2.41. The van der Waals surface area contributed by atoms with E-state index in [2.05, 4.69) is 5.32 Å². The van der Waals surface area contributed by atoms with Crippen molar-refractivity contribution in [1.29, 1.82) is 0 Å². The second-order valence-electron chi connectivity index (χ2n) is 5.23. The first kappa shape index (κ1) is 15.7. The molecule has 2 aliphatic heterocycles. The Balaban J connectivity index is 2.25. The average molecular weight is 309 g/mol. The Morgan fingerprint density at radius 2 is 1.95 bits per heavy atom. The van der Waals surface area contributed by atoms with Crippen molar-refractivity contribution in [3.8, 4) is 0 Å². The number of carbonyl (C=O) groups is 3. The molecule has 22 heavy (non-hydrogen) atoms. The number of rotatable bonds is 4. The molecule has 8 nitrogen and oxygen atoms in total. The molecule has 2 rings (SSSR count). The zero-order valence-corrected chi connectivity index (χ0v) is 11.7. The third-order valence-electron chi connectivity index (χ3n) is 3.69. The Morgan fingerprint density at radius 3 is 2.55 bits per heavy atom. The van der Waals surface area contributed by atoms with Crippen LogP contribution in [0.1, 0.15) is 19.3 Å². The number of hydrogen-bond acceptors (Lipinski definition) is 4. The van der Waals surface area contributed by atoms with Gasteiger partial charge in [-0.25, -0.2) is 19.0 Å². The SMILES string of the molecule is O=C(O)C1=C/C(=C\C=[N+]2/CCC[C@H]2C(=O)O)C[C@@H](C(=O)O)N1. The molecule has 0 spiro atoms. The first-order valence-electron chi connectivity index (χ1n) is 6.85. The number of carboxylic acid groups (broad SMARTS) is 3. The van der Waals surface area contributed by atoms with Crippen molar-refractivity contribution in [2.75, 3.05) is 6.54 Å². The highest BCUT2D eigenvalue weighted by Gasteiger charge is 2.34. The summed E-state index contributed by atoms with van der Waals surface area (Å²) in [7, 11) is 0. The quantitative estimate of drug-likeness (QED) is 0.523. The first-order valence-corrected chi connectivity index (χ1v) is 6.85. The Kier molecular flexibility index (Phi) is 4.59. The van der Waals surface area contributed by atoms with Gasteiger partial charge in [-0.1, -0.05) is 0 Å². The van der Waals surface area contributed by atoms with Gasteiger partial charge >= 0.3 is 17.9 Å². The highest BCUT2D eigenvalue weighted by atomic mass is 16.4. The van der Waals surface area contributed by atoms with Crippen molar-refractivity contribution < 1.29 is 34.3 Å². The van der Waals surface area contributed by atoms with E-state index in [-0.39, 0.29) is 12.1 Å². The van der Waals surface area contributed by atoms with Gasteiger partial charge in [0, 0.05) is 25.3 Å². The van der Waals surface area contributed by atoms with E-state index < -0.39 is 30.0 Å². The number of hydrogen-bond donors (Lipinski definition) is 4. The monoisotopic (exact) mass is 309 g/mol. The Morgan fingerprint density at radius 1 is 1.23 bits per heavy atom. The molecule has 8 heteroatoms. The van der Waals surface area contributed by atoms with E-state index in [0.717, 1.165) is 6.42 Å². The van der Waals surface area contributed by atoms with Gasteiger partial charge in [-0.2, -0.15) is 0 Å². The minimum Gasteiger partial charge on any atom is -0.480 e. The number of aliphatic carboxylic acids is 3. The summed E-state index contributed by atoms with van der Waals surface area (Å²) < 4.78 is 1.67. The van der Waals surface area contributed by atoms with Gasteiger partial charge in [0.25, 0.3) is 0 Å². The maximum atomic E-state index is 11.1. The minimum atomic E-state index is -1.23. The van der Waals surface area contributed by atoms with E-state index in [1.54, 1.807) is 16.9 Å². The van der Waals surface area contributed by atoms with Crippen LogP contribution in [0.15, 0.2) is 23.4 Å². The van der Waals surface area contributed by atoms with Crippen molar-refractivity contribution in [2.45, 2.75) is 31.3 Å². The van der Waals surface area contributed by atoms with Crippen LogP contribution in [-0.4, -0.2) is 62.6 Å². The van der Waals surface area contributed by atoms with Crippen molar-refractivity contribution in [2.24, 2.45) is 0 Å². The smallest absolute Gasteiger partial charge is 0.372 e. The number of nitrogens with zero attached hydrogens (tertiary/aromatic N) is 1. The molecule has 2 heterocycles. The predicted molar refractivity (Wildman–Crippen MR) is 74.8 cm³/mol. The van der Waals surface area contributed by atoms with Crippen LogP contribution in [0, 0.1) is 0 Å². The Hall–Kier alpha value is -2.64. The van der Waals surface area contributed by atoms with Gasteiger partial charge in [0.15, 0.2) is 6.21 Å². The zero-order chi connectivity index (χ0) is 16.3. The van der Waals surface area contributed by atoms with Crippen molar-refractivity contribution in [3.63, 3.8) is 0 Å². The Bertz CT molecular complexity index is 604. The van der Waals surface area contributed by atoms with E-state index in [1.807, 2.05) is 0 Å². The second kappa shape index (κ2) is 6.42. The summed E-state index contributed by atoms with van der Waals surface area (Å²) in [6.07, 6.45) is 6.01. The molecule has 0 aliphatic carbocycles. The maximum absolute atomic E-state index is 11.1. The van der Waals surface area contributed by atoms with Crippen LogP contribution in [0.25, 0.3) is 0 Å². The summed E-state index contributed by atoms with van der Waals surface area (Å²) in [6, 6.07) is -1.60. The van der Waals surface area contributed by atoms with Gasteiger partial charge < -0.3 is 20.6 Å². The molecule has 0 amide bonds. The minimum absolute atomic E-state index is 0.133. The largest absolute Gasteiger partial charge is 0.480 e. The van der Waals surface area contributed by atoms with E-state index in [9.17, 15) is 14.4 Å². The van der Waals surface area contributed by atoms with Gasteiger partial charge in [0.1, 0.15) is 18.3 Å². The fourth-order valence-corrected chi connectivity index (χ4v) is 2.57. The highest BCUT2D eigenvalue weighted by molar-refractivity contribution is 5.89. The molecule has 2 aliphatic rings. The molecule has 0 aromatic carbocycles. The summed E-state index contributed by atoms with van der Waals surface area (Å²) in [5, 5.41) is 29.6. The predicted octanol–water partition coefficient (Wildman–Crippen LogP) is -0.342. The molecule has 118 valence electrons. The molecule has 1 saturated heterocycles. The fraction of sp³-hybridized carbons (Fsp3) is 0.429. The lowest BCUT2D eigenvalue weighted by atomic mass is 10.00.